The molecule has 1 rings (SSSR count). The second-order valence-corrected chi connectivity index (χ2v) is 3.10. The van der Waals surface area contributed by atoms with Crippen molar-refractivity contribution in [2.75, 3.05) is 6.61 Å². The maximum atomic E-state index is 5.71. The Morgan fingerprint density at radius 1 is 1.50 bits per heavy atom. The maximum Gasteiger partial charge on any atom is 0.122 e. The van der Waals surface area contributed by atoms with Crippen LogP contribution < -0.4 is 21.7 Å². The van der Waals surface area contributed by atoms with Crippen molar-refractivity contribution < 1.29 is 4.74 Å². The molecule has 0 aliphatic heterocycles. The Balaban J connectivity index is 2.88. The SMILES string of the molecule is CCOc1ccc(C(N)NN)cc1C. The molecule has 4 heteroatoms. The van der Waals surface area contributed by atoms with Gasteiger partial charge in [0.15, 0.2) is 0 Å². The van der Waals surface area contributed by atoms with Crippen LogP contribution in [0.3, 0.4) is 0 Å². The number of nitrogens with one attached hydrogen (secondary N) is 1. The molecular formula is C10H17N3O. The Hall–Kier alpha value is -1.10. The number of nitrogens with two attached hydrogens (primary N) is 2. The van der Waals surface area contributed by atoms with Gasteiger partial charge in [0, 0.05) is 0 Å². The summed E-state index contributed by atoms with van der Waals surface area (Å²) in [5, 5.41) is 0. The molecule has 1 aromatic rings. The standard InChI is InChI=1S/C10H17N3O/c1-3-14-9-5-4-8(6-7(9)2)10(11)13-12/h4-6,10,13H,3,11-12H2,1-2H3. The number of benzene rings is 1. The Morgan fingerprint density at radius 2 is 2.21 bits per heavy atom. The zero-order chi connectivity index (χ0) is 10.6. The van der Waals surface area contributed by atoms with Crippen LogP contribution in [-0.4, -0.2) is 6.61 Å². The van der Waals surface area contributed by atoms with E-state index in [4.69, 9.17) is 16.3 Å². The Morgan fingerprint density at radius 3 is 2.71 bits per heavy atom. The second-order valence-electron chi connectivity index (χ2n) is 3.10. The van der Waals surface area contributed by atoms with E-state index in [0.29, 0.717) is 6.61 Å². The van der Waals surface area contributed by atoms with Crippen molar-refractivity contribution in [2.24, 2.45) is 11.6 Å². The molecule has 0 heterocycles. The molecule has 0 saturated heterocycles. The molecule has 0 bridgehead atoms. The largest absolute Gasteiger partial charge is 0.494 e. The molecule has 4 nitrogen and oxygen atoms in total. The fourth-order valence-corrected chi connectivity index (χ4v) is 1.28. The number of hydrogen-bond donors (Lipinski definition) is 3. The lowest BCUT2D eigenvalue weighted by Crippen LogP contribution is -2.34. The average Bonchev–Trinajstić information content (AvgIpc) is 2.20. The van der Waals surface area contributed by atoms with E-state index in [1.54, 1.807) is 0 Å². The van der Waals surface area contributed by atoms with E-state index in [2.05, 4.69) is 5.43 Å². The third-order valence-corrected chi connectivity index (χ3v) is 2.04. The predicted octanol–water partition coefficient (Wildman–Crippen LogP) is 0.814. The van der Waals surface area contributed by atoms with E-state index in [0.717, 1.165) is 16.9 Å². The lowest BCUT2D eigenvalue weighted by atomic mass is 10.1. The molecule has 1 atom stereocenters. The van der Waals surface area contributed by atoms with E-state index >= 15 is 0 Å². The molecule has 1 aromatic carbocycles. The maximum absolute atomic E-state index is 5.71. The predicted molar refractivity (Wildman–Crippen MR) is 56.6 cm³/mol. The summed E-state index contributed by atoms with van der Waals surface area (Å²) < 4.78 is 5.41. The van der Waals surface area contributed by atoms with Crippen molar-refractivity contribution in [1.29, 1.82) is 0 Å². The quantitative estimate of drug-likeness (QED) is 0.378. The van der Waals surface area contributed by atoms with Crippen molar-refractivity contribution in [2.45, 2.75) is 20.0 Å². The highest BCUT2D eigenvalue weighted by atomic mass is 16.5. The van der Waals surface area contributed by atoms with Gasteiger partial charge in [-0.2, -0.15) is 0 Å². The van der Waals surface area contributed by atoms with Gasteiger partial charge in [-0.15, -0.1) is 0 Å². The van der Waals surface area contributed by atoms with E-state index in [1.165, 1.54) is 0 Å². The summed E-state index contributed by atoms with van der Waals surface area (Å²) in [5.41, 5.74) is 10.2. The van der Waals surface area contributed by atoms with Crippen LogP contribution in [0, 0.1) is 6.92 Å². The van der Waals surface area contributed by atoms with Crippen molar-refractivity contribution in [3.8, 4) is 5.75 Å². The van der Waals surface area contributed by atoms with Gasteiger partial charge in [-0.25, -0.2) is 5.43 Å². The zero-order valence-corrected chi connectivity index (χ0v) is 8.58. The van der Waals surface area contributed by atoms with Gasteiger partial charge in [0.1, 0.15) is 5.75 Å². The van der Waals surface area contributed by atoms with E-state index in [-0.39, 0.29) is 6.17 Å². The minimum Gasteiger partial charge on any atom is -0.494 e. The summed E-state index contributed by atoms with van der Waals surface area (Å²) in [6.07, 6.45) is -0.329. The van der Waals surface area contributed by atoms with Gasteiger partial charge in [0.2, 0.25) is 0 Å². The minimum atomic E-state index is -0.329. The summed E-state index contributed by atoms with van der Waals surface area (Å²) in [4.78, 5) is 0. The molecule has 14 heavy (non-hydrogen) atoms. The first-order valence-corrected chi connectivity index (χ1v) is 4.64. The third-order valence-electron chi connectivity index (χ3n) is 2.04. The van der Waals surface area contributed by atoms with Gasteiger partial charge in [0.05, 0.1) is 12.8 Å². The number of hydrazine groups is 1. The molecule has 0 aliphatic rings. The molecule has 78 valence electrons. The van der Waals surface area contributed by atoms with Crippen LogP contribution in [-0.2, 0) is 0 Å². The topological polar surface area (TPSA) is 73.3 Å². The van der Waals surface area contributed by atoms with Crippen molar-refractivity contribution in [3.63, 3.8) is 0 Å². The number of ether oxygens (including phenoxy) is 1. The van der Waals surface area contributed by atoms with Gasteiger partial charge in [-0.1, -0.05) is 6.07 Å². The summed E-state index contributed by atoms with van der Waals surface area (Å²) in [5.74, 6) is 6.13. The highest BCUT2D eigenvalue weighted by molar-refractivity contribution is 5.37. The van der Waals surface area contributed by atoms with Gasteiger partial charge in [0.25, 0.3) is 0 Å². The average molecular weight is 195 g/mol. The minimum absolute atomic E-state index is 0.329. The molecule has 0 aromatic heterocycles. The molecule has 0 radical (unpaired) electrons. The molecule has 0 aliphatic carbocycles. The van der Waals surface area contributed by atoms with E-state index in [1.807, 2.05) is 32.0 Å². The van der Waals surface area contributed by atoms with Crippen molar-refractivity contribution in [1.82, 2.24) is 5.43 Å². The zero-order valence-electron chi connectivity index (χ0n) is 8.58. The lowest BCUT2D eigenvalue weighted by molar-refractivity contribution is 0.337. The molecule has 0 fully saturated rings. The van der Waals surface area contributed by atoms with E-state index in [9.17, 15) is 0 Å². The van der Waals surface area contributed by atoms with Crippen molar-refractivity contribution >= 4 is 0 Å². The monoisotopic (exact) mass is 195 g/mol. The number of rotatable bonds is 4. The normalized spacial score (nSPS) is 12.6. The fourth-order valence-electron chi connectivity index (χ4n) is 1.28. The smallest absolute Gasteiger partial charge is 0.122 e. The van der Waals surface area contributed by atoms with Crippen LogP contribution in [0.1, 0.15) is 24.2 Å². The van der Waals surface area contributed by atoms with Crippen LogP contribution in [0.15, 0.2) is 18.2 Å². The van der Waals surface area contributed by atoms with Crippen LogP contribution in [0.2, 0.25) is 0 Å². The number of aryl methyl sites for hydroxylation is 1. The summed E-state index contributed by atoms with van der Waals surface area (Å²) in [6, 6.07) is 5.78. The lowest BCUT2D eigenvalue weighted by Gasteiger charge is -2.13. The summed E-state index contributed by atoms with van der Waals surface area (Å²) >= 11 is 0. The number of hydrogen-bond acceptors (Lipinski definition) is 4. The first kappa shape index (κ1) is 11.0. The van der Waals surface area contributed by atoms with Gasteiger partial charge >= 0.3 is 0 Å². The van der Waals surface area contributed by atoms with Crippen LogP contribution in [0.5, 0.6) is 5.75 Å². The Kier molecular flexibility index (Phi) is 3.88. The van der Waals surface area contributed by atoms with Crippen LogP contribution >= 0.6 is 0 Å². The van der Waals surface area contributed by atoms with Gasteiger partial charge in [-0.05, 0) is 37.1 Å². The third kappa shape index (κ3) is 2.45. The summed E-state index contributed by atoms with van der Waals surface area (Å²) in [7, 11) is 0. The highest BCUT2D eigenvalue weighted by Crippen LogP contribution is 2.20. The summed E-state index contributed by atoms with van der Waals surface area (Å²) in [6.45, 7) is 4.61. The van der Waals surface area contributed by atoms with Crippen LogP contribution in [0.25, 0.3) is 0 Å². The first-order chi connectivity index (χ1) is 6.69. The Labute approximate surface area is 84.2 Å². The molecule has 0 saturated carbocycles. The van der Waals surface area contributed by atoms with Gasteiger partial charge < -0.3 is 10.5 Å². The molecule has 0 spiro atoms. The second kappa shape index (κ2) is 4.95. The highest BCUT2D eigenvalue weighted by Gasteiger charge is 2.05. The van der Waals surface area contributed by atoms with Crippen molar-refractivity contribution in [3.05, 3.63) is 29.3 Å². The Bertz CT molecular complexity index is 301. The molecule has 5 N–H and O–H groups in total. The molecule has 0 amide bonds. The molecular weight excluding hydrogens is 178 g/mol. The molecule has 1 unspecified atom stereocenters. The fraction of sp³-hybridized carbons (Fsp3) is 0.400. The first-order valence-electron chi connectivity index (χ1n) is 4.64. The van der Waals surface area contributed by atoms with E-state index < -0.39 is 0 Å². The van der Waals surface area contributed by atoms with Gasteiger partial charge in [-0.3, -0.25) is 5.84 Å². The van der Waals surface area contributed by atoms with Crippen LogP contribution in [0.4, 0.5) is 0 Å².